The molecule has 0 saturated carbocycles. The molecular formula is C17H22O5S. The molecule has 0 bridgehead atoms. The van der Waals surface area contributed by atoms with Crippen molar-refractivity contribution in [3.8, 4) is 11.8 Å². The largest absolute Gasteiger partial charge is 0.353 e. The predicted molar refractivity (Wildman–Crippen MR) is 86.3 cm³/mol. The Kier molecular flexibility index (Phi) is 7.06. The molecule has 1 atom stereocenters. The smallest absolute Gasteiger partial charge is 0.297 e. The third kappa shape index (κ3) is 6.32. The van der Waals surface area contributed by atoms with Gasteiger partial charge in [0, 0.05) is 13.0 Å². The number of hydrogen-bond donors (Lipinski definition) is 0. The molecule has 0 aromatic heterocycles. The Morgan fingerprint density at radius 1 is 1.22 bits per heavy atom. The highest BCUT2D eigenvalue weighted by molar-refractivity contribution is 7.86. The van der Waals surface area contributed by atoms with Gasteiger partial charge < -0.3 is 9.47 Å². The van der Waals surface area contributed by atoms with Gasteiger partial charge in [-0.15, -0.1) is 0 Å². The number of hydrogen-bond acceptors (Lipinski definition) is 5. The lowest BCUT2D eigenvalue weighted by molar-refractivity contribution is -0.161. The SMILES string of the molecule is Cc1ccc(S(=O)(=O)OCC#CCCOC2CCCCO2)cc1. The summed E-state index contributed by atoms with van der Waals surface area (Å²) >= 11 is 0. The number of aryl methyl sites for hydroxylation is 1. The lowest BCUT2D eigenvalue weighted by Crippen LogP contribution is -2.22. The van der Waals surface area contributed by atoms with Crippen molar-refractivity contribution in [3.63, 3.8) is 0 Å². The van der Waals surface area contributed by atoms with Gasteiger partial charge in [0.25, 0.3) is 10.1 Å². The molecule has 1 aliphatic rings. The molecule has 1 heterocycles. The monoisotopic (exact) mass is 338 g/mol. The molecule has 1 aliphatic heterocycles. The molecule has 1 aromatic rings. The first-order valence-corrected chi connectivity index (χ1v) is 9.14. The van der Waals surface area contributed by atoms with Gasteiger partial charge in [0.15, 0.2) is 6.29 Å². The van der Waals surface area contributed by atoms with Crippen LogP contribution in [0.1, 0.15) is 31.2 Å². The van der Waals surface area contributed by atoms with Crippen molar-refractivity contribution in [2.24, 2.45) is 0 Å². The van der Waals surface area contributed by atoms with Crippen molar-refractivity contribution < 1.29 is 22.1 Å². The molecule has 5 nitrogen and oxygen atoms in total. The molecule has 0 spiro atoms. The Morgan fingerprint density at radius 2 is 2.00 bits per heavy atom. The van der Waals surface area contributed by atoms with E-state index in [0.717, 1.165) is 31.4 Å². The lowest BCUT2D eigenvalue weighted by atomic mass is 10.2. The third-order valence-corrected chi connectivity index (χ3v) is 4.67. The van der Waals surface area contributed by atoms with Gasteiger partial charge in [-0.25, -0.2) is 0 Å². The summed E-state index contributed by atoms with van der Waals surface area (Å²) in [5.41, 5.74) is 0.991. The molecule has 1 aromatic carbocycles. The van der Waals surface area contributed by atoms with E-state index in [4.69, 9.17) is 13.7 Å². The molecule has 1 fully saturated rings. The summed E-state index contributed by atoms with van der Waals surface area (Å²) in [7, 11) is -3.74. The fourth-order valence-electron chi connectivity index (χ4n) is 2.10. The van der Waals surface area contributed by atoms with Crippen LogP contribution in [0.2, 0.25) is 0 Å². The zero-order chi connectivity index (χ0) is 16.5. The van der Waals surface area contributed by atoms with E-state index in [0.29, 0.717) is 13.0 Å². The Labute approximate surface area is 138 Å². The van der Waals surface area contributed by atoms with Gasteiger partial charge in [0.05, 0.1) is 11.5 Å². The standard InChI is InChI=1S/C17H22O5S/c1-15-8-10-16(11-9-15)23(18,19)22-14-5-2-4-12-20-17-7-3-6-13-21-17/h8-11,17H,3-4,6-7,12-14H2,1H3. The van der Waals surface area contributed by atoms with Crippen LogP contribution >= 0.6 is 0 Å². The molecule has 23 heavy (non-hydrogen) atoms. The number of ether oxygens (including phenoxy) is 2. The average molecular weight is 338 g/mol. The van der Waals surface area contributed by atoms with Gasteiger partial charge >= 0.3 is 0 Å². The minimum absolute atomic E-state index is 0.122. The van der Waals surface area contributed by atoms with E-state index in [9.17, 15) is 8.42 Å². The molecule has 2 rings (SSSR count). The summed E-state index contributed by atoms with van der Waals surface area (Å²) in [6, 6.07) is 6.51. The van der Waals surface area contributed by atoms with E-state index in [-0.39, 0.29) is 17.8 Å². The minimum Gasteiger partial charge on any atom is -0.353 e. The fourth-order valence-corrected chi connectivity index (χ4v) is 2.92. The van der Waals surface area contributed by atoms with Crippen molar-refractivity contribution in [1.82, 2.24) is 0 Å². The Hall–Kier alpha value is -1.39. The average Bonchev–Trinajstić information content (AvgIpc) is 2.55. The maximum absolute atomic E-state index is 11.9. The highest BCUT2D eigenvalue weighted by Gasteiger charge is 2.14. The lowest BCUT2D eigenvalue weighted by Gasteiger charge is -2.22. The van der Waals surface area contributed by atoms with Gasteiger partial charge in [0.1, 0.15) is 6.61 Å². The maximum Gasteiger partial charge on any atom is 0.297 e. The summed E-state index contributed by atoms with van der Waals surface area (Å²) < 4.78 is 39.7. The Morgan fingerprint density at radius 3 is 2.70 bits per heavy atom. The molecule has 0 aliphatic carbocycles. The Balaban J connectivity index is 1.67. The molecule has 126 valence electrons. The summed E-state index contributed by atoms with van der Waals surface area (Å²) in [5.74, 6) is 5.53. The van der Waals surface area contributed by atoms with Gasteiger partial charge in [-0.1, -0.05) is 29.5 Å². The second-order valence-corrected chi connectivity index (χ2v) is 6.92. The van der Waals surface area contributed by atoms with Crippen LogP contribution in [0.15, 0.2) is 29.2 Å². The van der Waals surface area contributed by atoms with E-state index < -0.39 is 10.1 Å². The van der Waals surface area contributed by atoms with Crippen molar-refractivity contribution in [3.05, 3.63) is 29.8 Å². The summed E-state index contributed by atoms with van der Waals surface area (Å²) in [4.78, 5) is 0.141. The maximum atomic E-state index is 11.9. The van der Waals surface area contributed by atoms with Crippen molar-refractivity contribution in [2.45, 2.75) is 43.8 Å². The minimum atomic E-state index is -3.74. The van der Waals surface area contributed by atoms with Gasteiger partial charge in [0.2, 0.25) is 0 Å². The van der Waals surface area contributed by atoms with E-state index in [1.807, 2.05) is 6.92 Å². The van der Waals surface area contributed by atoms with Crippen molar-refractivity contribution >= 4 is 10.1 Å². The topological polar surface area (TPSA) is 61.8 Å². The normalized spacial score (nSPS) is 18.2. The summed E-state index contributed by atoms with van der Waals surface area (Å²) in [5, 5.41) is 0. The first kappa shape index (κ1) is 18.0. The van der Waals surface area contributed by atoms with Crippen LogP contribution in [0.3, 0.4) is 0 Å². The predicted octanol–water partition coefficient (Wildman–Crippen LogP) is 2.64. The van der Waals surface area contributed by atoms with Crippen LogP contribution in [0, 0.1) is 18.8 Å². The zero-order valence-corrected chi connectivity index (χ0v) is 14.1. The van der Waals surface area contributed by atoms with Crippen LogP contribution < -0.4 is 0 Å². The van der Waals surface area contributed by atoms with Gasteiger partial charge in [-0.3, -0.25) is 4.18 Å². The van der Waals surface area contributed by atoms with Crippen molar-refractivity contribution in [1.29, 1.82) is 0 Å². The van der Waals surface area contributed by atoms with Crippen LogP contribution in [-0.2, 0) is 23.8 Å². The molecule has 0 radical (unpaired) electrons. The molecule has 6 heteroatoms. The molecule has 1 saturated heterocycles. The highest BCUT2D eigenvalue weighted by atomic mass is 32.2. The van der Waals surface area contributed by atoms with Gasteiger partial charge in [-0.05, 0) is 38.3 Å². The Bertz CT molecular complexity index is 634. The molecule has 1 unspecified atom stereocenters. The number of benzene rings is 1. The van der Waals surface area contributed by atoms with Crippen LogP contribution in [0.5, 0.6) is 0 Å². The summed E-state index contributed by atoms with van der Waals surface area (Å²) in [6.07, 6.45) is 3.54. The van der Waals surface area contributed by atoms with Gasteiger partial charge in [-0.2, -0.15) is 8.42 Å². The second kappa shape index (κ2) is 9.04. The third-order valence-electron chi connectivity index (χ3n) is 3.39. The zero-order valence-electron chi connectivity index (χ0n) is 13.3. The van der Waals surface area contributed by atoms with Crippen molar-refractivity contribution in [2.75, 3.05) is 19.8 Å². The van der Waals surface area contributed by atoms with E-state index in [1.54, 1.807) is 12.1 Å². The van der Waals surface area contributed by atoms with E-state index in [2.05, 4.69) is 11.8 Å². The second-order valence-electron chi connectivity index (χ2n) is 5.30. The molecule has 0 N–H and O–H groups in total. The molecular weight excluding hydrogens is 316 g/mol. The first-order valence-electron chi connectivity index (χ1n) is 7.73. The first-order chi connectivity index (χ1) is 11.1. The quantitative estimate of drug-likeness (QED) is 0.453. The molecule has 0 amide bonds. The summed E-state index contributed by atoms with van der Waals surface area (Å²) in [6.45, 7) is 2.96. The van der Waals surface area contributed by atoms with E-state index >= 15 is 0 Å². The number of rotatable bonds is 6. The van der Waals surface area contributed by atoms with E-state index in [1.165, 1.54) is 12.1 Å². The van der Waals surface area contributed by atoms with Crippen LogP contribution in [0.25, 0.3) is 0 Å². The highest BCUT2D eigenvalue weighted by Crippen LogP contribution is 2.14. The van der Waals surface area contributed by atoms with Crippen LogP contribution in [0.4, 0.5) is 0 Å². The fraction of sp³-hybridized carbons (Fsp3) is 0.529. The van der Waals surface area contributed by atoms with Crippen LogP contribution in [-0.4, -0.2) is 34.5 Å².